The molecule has 0 N–H and O–H groups in total. The van der Waals surface area contributed by atoms with E-state index in [0.29, 0.717) is 6.42 Å². The van der Waals surface area contributed by atoms with Crippen LogP contribution in [0.5, 0.6) is 0 Å². The molecular weight excluding hydrogens is 225 g/mol. The molecule has 0 unspecified atom stereocenters. The molecule has 3 heteroatoms. The van der Waals surface area contributed by atoms with Gasteiger partial charge in [-0.3, -0.25) is 0 Å². The minimum absolute atomic E-state index is 0.0726. The molecular formula is C14H13F3. The molecule has 1 aromatic carbocycles. The third kappa shape index (κ3) is 2.78. The molecule has 0 aliphatic heterocycles. The van der Waals surface area contributed by atoms with Crippen molar-refractivity contribution < 1.29 is 13.2 Å². The molecule has 0 nitrogen and oxygen atoms in total. The fraction of sp³-hybridized carbons (Fsp3) is 0.286. The summed E-state index contributed by atoms with van der Waals surface area (Å²) >= 11 is 0. The van der Waals surface area contributed by atoms with Crippen LogP contribution in [0.15, 0.2) is 42.0 Å². The Bertz CT molecular complexity index is 461. The number of aryl methyl sites for hydroxylation is 1. The smallest absolute Gasteiger partial charge is 0.166 e. The van der Waals surface area contributed by atoms with Gasteiger partial charge in [0.2, 0.25) is 0 Å². The van der Waals surface area contributed by atoms with Crippen molar-refractivity contribution in [2.75, 3.05) is 0 Å². The Hall–Kier alpha value is -1.51. The summed E-state index contributed by atoms with van der Waals surface area (Å²) in [4.78, 5) is 0. The second kappa shape index (κ2) is 4.40. The van der Waals surface area contributed by atoms with Crippen LogP contribution in [0.25, 0.3) is 5.57 Å². The number of allylic oxidation sites excluding steroid dienone is 4. The first-order chi connectivity index (χ1) is 7.97. The lowest BCUT2D eigenvalue weighted by molar-refractivity contribution is -0.0939. The SMILES string of the molecule is Cc1ccc(C2=CC=C(C(F)(F)F)CC2)cc1. The summed E-state index contributed by atoms with van der Waals surface area (Å²) in [5.74, 6) is 0. The number of hydrogen-bond acceptors (Lipinski definition) is 0. The summed E-state index contributed by atoms with van der Waals surface area (Å²) in [5, 5.41) is 0. The van der Waals surface area contributed by atoms with Crippen LogP contribution in [-0.2, 0) is 0 Å². The van der Waals surface area contributed by atoms with E-state index in [-0.39, 0.29) is 6.42 Å². The first-order valence-corrected chi connectivity index (χ1v) is 5.51. The zero-order chi connectivity index (χ0) is 12.5. The molecule has 1 aromatic rings. The molecule has 0 saturated carbocycles. The Balaban J connectivity index is 2.23. The Morgan fingerprint density at radius 2 is 1.59 bits per heavy atom. The molecule has 1 aliphatic rings. The highest BCUT2D eigenvalue weighted by Gasteiger charge is 2.33. The summed E-state index contributed by atoms with van der Waals surface area (Å²) in [6.07, 6.45) is -0.886. The van der Waals surface area contributed by atoms with Gasteiger partial charge < -0.3 is 0 Å². The molecule has 0 bridgehead atoms. The van der Waals surface area contributed by atoms with Gasteiger partial charge >= 0.3 is 6.18 Å². The first kappa shape index (κ1) is 12.0. The second-order valence-corrected chi connectivity index (χ2v) is 4.25. The van der Waals surface area contributed by atoms with Gasteiger partial charge in [-0.2, -0.15) is 13.2 Å². The maximum absolute atomic E-state index is 12.4. The maximum atomic E-state index is 12.4. The predicted molar refractivity (Wildman–Crippen MR) is 62.5 cm³/mol. The summed E-state index contributed by atoms with van der Waals surface area (Å²) in [5.41, 5.74) is 2.69. The first-order valence-electron chi connectivity index (χ1n) is 5.51. The largest absolute Gasteiger partial charge is 0.412 e. The molecule has 0 spiro atoms. The van der Waals surface area contributed by atoms with Gasteiger partial charge in [-0.25, -0.2) is 0 Å². The standard InChI is InChI=1S/C14H13F3/c1-10-2-4-11(5-3-10)12-6-8-13(9-7-12)14(15,16)17/h2-6,8H,7,9H2,1H3. The van der Waals surface area contributed by atoms with Crippen molar-refractivity contribution in [2.24, 2.45) is 0 Å². The fourth-order valence-corrected chi connectivity index (χ4v) is 1.88. The van der Waals surface area contributed by atoms with Gasteiger partial charge in [0.15, 0.2) is 0 Å². The summed E-state index contributed by atoms with van der Waals surface area (Å²) in [7, 11) is 0. The van der Waals surface area contributed by atoms with Crippen LogP contribution in [0.4, 0.5) is 13.2 Å². The van der Waals surface area contributed by atoms with Crippen LogP contribution >= 0.6 is 0 Å². The van der Waals surface area contributed by atoms with E-state index in [1.807, 2.05) is 31.2 Å². The van der Waals surface area contributed by atoms with Gasteiger partial charge in [0.1, 0.15) is 0 Å². The Morgan fingerprint density at radius 1 is 0.941 bits per heavy atom. The van der Waals surface area contributed by atoms with Gasteiger partial charge in [0.05, 0.1) is 0 Å². The Morgan fingerprint density at radius 3 is 2.06 bits per heavy atom. The molecule has 0 fully saturated rings. The minimum Gasteiger partial charge on any atom is -0.166 e. The van der Waals surface area contributed by atoms with E-state index in [0.717, 1.165) is 16.7 Å². The third-order valence-corrected chi connectivity index (χ3v) is 2.94. The molecule has 2 rings (SSSR count). The van der Waals surface area contributed by atoms with Gasteiger partial charge in [-0.1, -0.05) is 42.0 Å². The molecule has 1 aliphatic carbocycles. The van der Waals surface area contributed by atoms with Crippen molar-refractivity contribution in [2.45, 2.75) is 25.9 Å². The van der Waals surface area contributed by atoms with Gasteiger partial charge in [0.25, 0.3) is 0 Å². The monoisotopic (exact) mass is 238 g/mol. The van der Waals surface area contributed by atoms with Gasteiger partial charge in [0, 0.05) is 5.57 Å². The Kier molecular flexibility index (Phi) is 3.09. The number of halogens is 3. The van der Waals surface area contributed by atoms with Crippen LogP contribution < -0.4 is 0 Å². The lowest BCUT2D eigenvalue weighted by Gasteiger charge is -2.17. The normalized spacial score (nSPS) is 16.5. The predicted octanol–water partition coefficient (Wildman–Crippen LogP) is 4.66. The van der Waals surface area contributed by atoms with Crippen molar-refractivity contribution >= 4 is 5.57 Å². The maximum Gasteiger partial charge on any atom is 0.412 e. The Labute approximate surface area is 98.5 Å². The molecule has 90 valence electrons. The van der Waals surface area contributed by atoms with E-state index in [1.54, 1.807) is 6.08 Å². The molecule has 0 aromatic heterocycles. The van der Waals surface area contributed by atoms with Crippen LogP contribution in [0.1, 0.15) is 24.0 Å². The molecule has 0 amide bonds. The number of benzene rings is 1. The highest BCUT2D eigenvalue weighted by atomic mass is 19.4. The zero-order valence-corrected chi connectivity index (χ0v) is 9.51. The second-order valence-electron chi connectivity index (χ2n) is 4.25. The van der Waals surface area contributed by atoms with Crippen LogP contribution in [0.3, 0.4) is 0 Å². The average Bonchev–Trinajstić information content (AvgIpc) is 2.29. The van der Waals surface area contributed by atoms with Gasteiger partial charge in [-0.05, 0) is 30.9 Å². The molecule has 17 heavy (non-hydrogen) atoms. The molecule has 0 atom stereocenters. The van der Waals surface area contributed by atoms with Crippen LogP contribution in [0, 0.1) is 6.92 Å². The van der Waals surface area contributed by atoms with E-state index in [2.05, 4.69) is 0 Å². The number of rotatable bonds is 1. The fourth-order valence-electron chi connectivity index (χ4n) is 1.88. The number of hydrogen-bond donors (Lipinski definition) is 0. The lowest BCUT2D eigenvalue weighted by Crippen LogP contribution is -2.13. The minimum atomic E-state index is -4.19. The van der Waals surface area contributed by atoms with Crippen LogP contribution in [-0.4, -0.2) is 6.18 Å². The highest BCUT2D eigenvalue weighted by molar-refractivity contribution is 5.69. The highest BCUT2D eigenvalue weighted by Crippen LogP contribution is 2.35. The van der Waals surface area contributed by atoms with E-state index in [9.17, 15) is 13.2 Å². The van der Waals surface area contributed by atoms with E-state index < -0.39 is 11.7 Å². The average molecular weight is 238 g/mol. The molecule has 0 radical (unpaired) electrons. The van der Waals surface area contributed by atoms with Crippen molar-refractivity contribution in [3.8, 4) is 0 Å². The van der Waals surface area contributed by atoms with Crippen molar-refractivity contribution in [3.05, 3.63) is 53.1 Å². The van der Waals surface area contributed by atoms with Gasteiger partial charge in [-0.15, -0.1) is 0 Å². The van der Waals surface area contributed by atoms with Crippen molar-refractivity contribution in [1.82, 2.24) is 0 Å². The van der Waals surface area contributed by atoms with E-state index in [4.69, 9.17) is 0 Å². The van der Waals surface area contributed by atoms with E-state index in [1.165, 1.54) is 6.08 Å². The number of alkyl halides is 3. The van der Waals surface area contributed by atoms with Crippen molar-refractivity contribution in [1.29, 1.82) is 0 Å². The van der Waals surface area contributed by atoms with Crippen molar-refractivity contribution in [3.63, 3.8) is 0 Å². The van der Waals surface area contributed by atoms with Crippen LogP contribution in [0.2, 0.25) is 0 Å². The molecule has 0 heterocycles. The summed E-state index contributed by atoms with van der Waals surface area (Å²) in [6.45, 7) is 1.99. The lowest BCUT2D eigenvalue weighted by atomic mass is 9.93. The topological polar surface area (TPSA) is 0 Å². The summed E-state index contributed by atoms with van der Waals surface area (Å²) in [6, 6.07) is 7.85. The molecule has 0 saturated heterocycles. The quantitative estimate of drug-likeness (QED) is 0.667. The summed E-state index contributed by atoms with van der Waals surface area (Å²) < 4.78 is 37.3. The zero-order valence-electron chi connectivity index (χ0n) is 9.51. The third-order valence-electron chi connectivity index (χ3n) is 2.94. The van der Waals surface area contributed by atoms with E-state index >= 15 is 0 Å².